The molecule has 1 saturated heterocycles. The number of carbonyl (C=O) groups excluding carboxylic acids is 1. The summed E-state index contributed by atoms with van der Waals surface area (Å²) in [4.78, 5) is 12.1. The van der Waals surface area contributed by atoms with Gasteiger partial charge >= 0.3 is 0 Å². The summed E-state index contributed by atoms with van der Waals surface area (Å²) in [6, 6.07) is 1.80. The van der Waals surface area contributed by atoms with E-state index in [1.54, 1.807) is 6.92 Å². The van der Waals surface area contributed by atoms with Crippen LogP contribution in [-0.2, 0) is 0 Å². The number of rotatable bonds is 2. The Bertz CT molecular complexity index is 467. The Kier molecular flexibility index (Phi) is 3.21. The quantitative estimate of drug-likeness (QED) is 0.597. The maximum Gasteiger partial charge on any atom is 0.195 e. The molecule has 0 bridgehead atoms. The van der Waals surface area contributed by atoms with Crippen molar-refractivity contribution < 1.29 is 18.0 Å². The first-order valence-electron chi connectivity index (χ1n) is 5.28. The lowest BCUT2D eigenvalue weighted by atomic mass is 9.94. The third-order valence-corrected chi connectivity index (χ3v) is 4.50. The predicted octanol–water partition coefficient (Wildman–Crippen LogP) is 3.57. The summed E-state index contributed by atoms with van der Waals surface area (Å²) in [6.07, 6.45) is 1.51. The fourth-order valence-electron chi connectivity index (χ4n) is 1.94. The molecule has 1 unspecified atom stereocenters. The van der Waals surface area contributed by atoms with Gasteiger partial charge in [-0.1, -0.05) is 0 Å². The van der Waals surface area contributed by atoms with E-state index in [1.165, 1.54) is 11.8 Å². The molecule has 0 saturated carbocycles. The molecule has 5 heteroatoms. The number of halogens is 3. The number of benzene rings is 1. The van der Waals surface area contributed by atoms with Crippen LogP contribution in [0.4, 0.5) is 13.2 Å². The van der Waals surface area contributed by atoms with Gasteiger partial charge < -0.3 is 0 Å². The number of hydrogen-bond acceptors (Lipinski definition) is 2. The average molecular weight is 260 g/mol. The van der Waals surface area contributed by atoms with Gasteiger partial charge in [0.1, 0.15) is 0 Å². The molecule has 1 nitrogen and oxygen atoms in total. The van der Waals surface area contributed by atoms with Gasteiger partial charge in [0.25, 0.3) is 0 Å². The van der Waals surface area contributed by atoms with E-state index < -0.39 is 28.0 Å². The van der Waals surface area contributed by atoms with Gasteiger partial charge in [0.15, 0.2) is 23.2 Å². The Labute approximate surface area is 101 Å². The van der Waals surface area contributed by atoms with E-state index in [2.05, 4.69) is 0 Å². The van der Waals surface area contributed by atoms with E-state index >= 15 is 0 Å². The van der Waals surface area contributed by atoms with E-state index in [9.17, 15) is 18.0 Å². The number of Topliss-reactive ketones (excluding diaryl/α,β-unsaturated/α-hetero) is 1. The van der Waals surface area contributed by atoms with Crippen molar-refractivity contribution >= 4 is 17.5 Å². The molecule has 1 aromatic rings. The molecule has 2 rings (SSSR count). The van der Waals surface area contributed by atoms with E-state index in [0.717, 1.165) is 24.3 Å². The summed E-state index contributed by atoms with van der Waals surface area (Å²) in [5.74, 6) is -3.88. The van der Waals surface area contributed by atoms with E-state index in [4.69, 9.17) is 0 Å². The highest BCUT2D eigenvalue weighted by Crippen LogP contribution is 2.40. The fraction of sp³-hybridized carbons (Fsp3) is 0.417. The molecule has 0 radical (unpaired) electrons. The Morgan fingerprint density at radius 3 is 2.59 bits per heavy atom. The van der Waals surface area contributed by atoms with Crippen molar-refractivity contribution in [1.82, 2.24) is 0 Å². The van der Waals surface area contributed by atoms with Crippen LogP contribution in [0.2, 0.25) is 0 Å². The Morgan fingerprint density at radius 2 is 2.00 bits per heavy atom. The minimum atomic E-state index is -1.58. The third-order valence-electron chi connectivity index (χ3n) is 2.98. The Hall–Kier alpha value is -0.970. The lowest BCUT2D eigenvalue weighted by molar-refractivity contribution is 0.0943. The Morgan fingerprint density at radius 1 is 1.29 bits per heavy atom. The number of hydrogen-bond donors (Lipinski definition) is 0. The zero-order valence-electron chi connectivity index (χ0n) is 9.23. The van der Waals surface area contributed by atoms with Crippen LogP contribution in [0.5, 0.6) is 0 Å². The van der Waals surface area contributed by atoms with Crippen LogP contribution in [0.15, 0.2) is 12.1 Å². The molecule has 0 aliphatic carbocycles. The van der Waals surface area contributed by atoms with Gasteiger partial charge in [-0.05, 0) is 37.7 Å². The van der Waals surface area contributed by atoms with Crippen molar-refractivity contribution in [3.05, 3.63) is 35.1 Å². The monoisotopic (exact) mass is 260 g/mol. The standard InChI is InChI=1S/C12H11F3OS/c1-12(5-2-6-17-12)11(16)7-3-4-8(13)10(15)9(7)14/h3-4H,2,5-6H2,1H3. The largest absolute Gasteiger partial charge is 0.292 e. The van der Waals surface area contributed by atoms with Crippen molar-refractivity contribution in [1.29, 1.82) is 0 Å². The van der Waals surface area contributed by atoms with E-state index in [-0.39, 0.29) is 5.56 Å². The molecule has 1 atom stereocenters. The first kappa shape index (κ1) is 12.5. The third kappa shape index (κ3) is 2.08. The second-order valence-electron chi connectivity index (χ2n) is 4.23. The molecule has 1 aliphatic heterocycles. The van der Waals surface area contributed by atoms with Gasteiger partial charge in [-0.2, -0.15) is 0 Å². The molecular formula is C12H11F3OS. The van der Waals surface area contributed by atoms with Crippen LogP contribution in [0.3, 0.4) is 0 Å². The summed E-state index contributed by atoms with van der Waals surface area (Å²) < 4.78 is 38.6. The molecule has 92 valence electrons. The van der Waals surface area contributed by atoms with Crippen LogP contribution in [0, 0.1) is 17.5 Å². The van der Waals surface area contributed by atoms with Crippen molar-refractivity contribution in [2.24, 2.45) is 0 Å². The van der Waals surface area contributed by atoms with Crippen molar-refractivity contribution in [3.63, 3.8) is 0 Å². The van der Waals surface area contributed by atoms with Crippen molar-refractivity contribution in [2.45, 2.75) is 24.5 Å². The highest BCUT2D eigenvalue weighted by molar-refractivity contribution is 8.01. The fourth-order valence-corrected chi connectivity index (χ4v) is 3.21. The van der Waals surface area contributed by atoms with Crippen LogP contribution in [-0.4, -0.2) is 16.3 Å². The maximum absolute atomic E-state index is 13.5. The van der Waals surface area contributed by atoms with Crippen molar-refractivity contribution in [3.8, 4) is 0 Å². The SMILES string of the molecule is CC1(C(=O)c2ccc(F)c(F)c2F)CCCS1. The van der Waals surface area contributed by atoms with Gasteiger partial charge in [-0.15, -0.1) is 11.8 Å². The van der Waals surface area contributed by atoms with Crippen LogP contribution >= 0.6 is 11.8 Å². The van der Waals surface area contributed by atoms with Gasteiger partial charge in [0, 0.05) is 0 Å². The topological polar surface area (TPSA) is 17.1 Å². The molecule has 0 amide bonds. The minimum Gasteiger partial charge on any atom is -0.292 e. The Balaban J connectivity index is 2.41. The minimum absolute atomic E-state index is 0.360. The lowest BCUT2D eigenvalue weighted by Gasteiger charge is -2.21. The average Bonchev–Trinajstić information content (AvgIpc) is 2.74. The summed E-state index contributed by atoms with van der Waals surface area (Å²) >= 11 is 1.43. The predicted molar refractivity (Wildman–Crippen MR) is 60.7 cm³/mol. The molecule has 1 aromatic carbocycles. The molecule has 1 fully saturated rings. The van der Waals surface area contributed by atoms with Crippen LogP contribution < -0.4 is 0 Å². The van der Waals surface area contributed by atoms with Gasteiger partial charge in [-0.3, -0.25) is 4.79 Å². The van der Waals surface area contributed by atoms with Crippen molar-refractivity contribution in [2.75, 3.05) is 5.75 Å². The second kappa shape index (κ2) is 4.37. The normalized spacial score (nSPS) is 24.0. The number of ketones is 1. The first-order chi connectivity index (χ1) is 7.96. The van der Waals surface area contributed by atoms with Gasteiger partial charge in [0.05, 0.1) is 10.3 Å². The van der Waals surface area contributed by atoms with Crippen LogP contribution in [0.25, 0.3) is 0 Å². The summed E-state index contributed by atoms with van der Waals surface area (Å²) in [5, 5.41) is 0. The van der Waals surface area contributed by atoms with Gasteiger partial charge in [0.2, 0.25) is 0 Å². The molecule has 1 heterocycles. The highest BCUT2D eigenvalue weighted by atomic mass is 32.2. The zero-order valence-corrected chi connectivity index (χ0v) is 10.0. The molecule has 0 N–H and O–H groups in total. The summed E-state index contributed by atoms with van der Waals surface area (Å²) in [5.41, 5.74) is -0.360. The smallest absolute Gasteiger partial charge is 0.195 e. The zero-order chi connectivity index (χ0) is 12.6. The number of carbonyl (C=O) groups is 1. The maximum atomic E-state index is 13.5. The van der Waals surface area contributed by atoms with Crippen LogP contribution in [0.1, 0.15) is 30.1 Å². The molecule has 17 heavy (non-hydrogen) atoms. The lowest BCUT2D eigenvalue weighted by Crippen LogP contribution is -2.29. The van der Waals surface area contributed by atoms with E-state index in [1.807, 2.05) is 0 Å². The highest BCUT2D eigenvalue weighted by Gasteiger charge is 2.39. The summed E-state index contributed by atoms with van der Waals surface area (Å²) in [7, 11) is 0. The molecule has 0 aromatic heterocycles. The van der Waals surface area contributed by atoms with E-state index in [0.29, 0.717) is 6.42 Å². The first-order valence-corrected chi connectivity index (χ1v) is 6.26. The second-order valence-corrected chi connectivity index (χ2v) is 5.83. The molecular weight excluding hydrogens is 249 g/mol. The number of thioether (sulfide) groups is 1. The summed E-state index contributed by atoms with van der Waals surface area (Å²) in [6.45, 7) is 1.72. The molecule has 1 aliphatic rings. The van der Waals surface area contributed by atoms with Gasteiger partial charge in [-0.25, -0.2) is 13.2 Å². The molecule has 0 spiro atoms.